The summed E-state index contributed by atoms with van der Waals surface area (Å²) < 4.78 is 26.8. The second kappa shape index (κ2) is 13.2. The van der Waals surface area contributed by atoms with Crippen LogP contribution in [0.1, 0.15) is 38.8 Å². The Kier molecular flexibility index (Phi) is 10.7. The predicted octanol–water partition coefficient (Wildman–Crippen LogP) is 4.52. The molecule has 2 rings (SSSR count). The number of carbonyl (C=O) groups excluding carboxylic acids is 2. The van der Waals surface area contributed by atoms with Gasteiger partial charge in [0.25, 0.3) is 0 Å². The van der Waals surface area contributed by atoms with Gasteiger partial charge in [-0.05, 0) is 35.4 Å². The summed E-state index contributed by atoms with van der Waals surface area (Å²) in [6.45, 7) is 7.64. The molecule has 0 heterocycles. The van der Waals surface area contributed by atoms with Gasteiger partial charge < -0.3 is 23.7 Å². The Morgan fingerprint density at radius 2 is 1.18 bits per heavy atom. The molecule has 34 heavy (non-hydrogen) atoms. The van der Waals surface area contributed by atoms with Crippen molar-refractivity contribution in [3.05, 3.63) is 59.7 Å². The van der Waals surface area contributed by atoms with Gasteiger partial charge in [-0.2, -0.15) is 0 Å². The summed E-state index contributed by atoms with van der Waals surface area (Å²) in [4.78, 5) is 22.3. The molecule has 0 fully saturated rings. The van der Waals surface area contributed by atoms with Crippen molar-refractivity contribution in [2.24, 2.45) is 0 Å². The van der Waals surface area contributed by atoms with E-state index in [0.717, 1.165) is 11.1 Å². The fourth-order valence-corrected chi connectivity index (χ4v) is 3.51. The standard InChI is InChI=1S/C26H33ClO7/c1-18(28)33-24(14-27)16-31-22-10-6-20(7-11-22)26(3,4)21-8-12-23(13-9-21)32-17-25(15-30-5)34-19(2)29/h6-13,24-25H,14-17H2,1-5H3/t24-,25-/m1/s1. The zero-order valence-corrected chi connectivity index (χ0v) is 21.1. The number of ether oxygens (including phenoxy) is 5. The number of esters is 2. The zero-order valence-electron chi connectivity index (χ0n) is 20.3. The normalized spacial score (nSPS) is 13.0. The number of alkyl halides is 1. The van der Waals surface area contributed by atoms with Crippen molar-refractivity contribution in [3.63, 3.8) is 0 Å². The third kappa shape index (κ3) is 8.54. The first-order valence-corrected chi connectivity index (χ1v) is 11.5. The van der Waals surface area contributed by atoms with Crippen molar-refractivity contribution in [1.82, 2.24) is 0 Å². The van der Waals surface area contributed by atoms with Crippen LogP contribution >= 0.6 is 11.6 Å². The average Bonchev–Trinajstić information content (AvgIpc) is 2.80. The molecule has 7 nitrogen and oxygen atoms in total. The smallest absolute Gasteiger partial charge is 0.303 e. The van der Waals surface area contributed by atoms with Crippen molar-refractivity contribution in [2.75, 3.05) is 32.8 Å². The zero-order chi connectivity index (χ0) is 25.1. The number of hydrogen-bond acceptors (Lipinski definition) is 7. The summed E-state index contributed by atoms with van der Waals surface area (Å²) in [7, 11) is 1.55. The average molecular weight is 493 g/mol. The molecule has 186 valence electrons. The van der Waals surface area contributed by atoms with Crippen LogP contribution in [0, 0.1) is 0 Å². The first kappa shape index (κ1) is 27.5. The molecule has 0 spiro atoms. The molecule has 0 aliphatic rings. The van der Waals surface area contributed by atoms with Crippen molar-refractivity contribution < 1.29 is 33.3 Å². The van der Waals surface area contributed by atoms with E-state index < -0.39 is 12.2 Å². The lowest BCUT2D eigenvalue weighted by molar-refractivity contribution is -0.150. The molecule has 2 aromatic carbocycles. The van der Waals surface area contributed by atoms with Gasteiger partial charge in [-0.3, -0.25) is 9.59 Å². The summed E-state index contributed by atoms with van der Waals surface area (Å²) in [6.07, 6.45) is -0.956. The maximum absolute atomic E-state index is 11.2. The Labute approximate surface area is 206 Å². The van der Waals surface area contributed by atoms with Crippen LogP contribution in [0.25, 0.3) is 0 Å². The molecule has 2 aromatic rings. The van der Waals surface area contributed by atoms with Gasteiger partial charge in [0.05, 0.1) is 12.5 Å². The van der Waals surface area contributed by atoms with Crippen molar-refractivity contribution in [1.29, 1.82) is 0 Å². The topological polar surface area (TPSA) is 80.3 Å². The third-order valence-corrected chi connectivity index (χ3v) is 5.56. The van der Waals surface area contributed by atoms with Crippen molar-refractivity contribution in [3.8, 4) is 11.5 Å². The fraction of sp³-hybridized carbons (Fsp3) is 0.462. The highest BCUT2D eigenvalue weighted by Gasteiger charge is 2.23. The lowest BCUT2D eigenvalue weighted by Crippen LogP contribution is -2.28. The van der Waals surface area contributed by atoms with E-state index in [1.165, 1.54) is 13.8 Å². The van der Waals surface area contributed by atoms with Crippen LogP contribution in [0.15, 0.2) is 48.5 Å². The predicted molar refractivity (Wildman–Crippen MR) is 130 cm³/mol. The molecular formula is C26H33ClO7. The number of rotatable bonds is 13. The Morgan fingerprint density at radius 1 is 0.765 bits per heavy atom. The Bertz CT molecular complexity index is 910. The van der Waals surface area contributed by atoms with Crippen LogP contribution in [-0.2, 0) is 29.2 Å². The summed E-state index contributed by atoms with van der Waals surface area (Å²) in [5.74, 6) is 0.757. The largest absolute Gasteiger partial charge is 0.490 e. The number of methoxy groups -OCH3 is 1. The number of carbonyl (C=O) groups is 2. The summed E-state index contributed by atoms with van der Waals surface area (Å²) in [6, 6.07) is 15.6. The van der Waals surface area contributed by atoms with Crippen LogP contribution < -0.4 is 9.47 Å². The number of benzene rings is 2. The second-order valence-electron chi connectivity index (χ2n) is 8.37. The first-order chi connectivity index (χ1) is 16.1. The van der Waals surface area contributed by atoms with Crippen LogP contribution in [0.3, 0.4) is 0 Å². The van der Waals surface area contributed by atoms with Gasteiger partial charge in [0.2, 0.25) is 0 Å². The Balaban J connectivity index is 1.99. The summed E-state index contributed by atoms with van der Waals surface area (Å²) in [5.41, 5.74) is 1.96. The lowest BCUT2D eigenvalue weighted by Gasteiger charge is -2.27. The third-order valence-electron chi connectivity index (χ3n) is 5.21. The van der Waals surface area contributed by atoms with E-state index in [1.54, 1.807) is 7.11 Å². The molecule has 2 atom stereocenters. The lowest BCUT2D eigenvalue weighted by atomic mass is 9.78. The van der Waals surface area contributed by atoms with Crippen LogP contribution in [-0.4, -0.2) is 57.0 Å². The van der Waals surface area contributed by atoms with Gasteiger partial charge in [0, 0.05) is 26.4 Å². The molecule has 0 unspecified atom stereocenters. The Morgan fingerprint density at radius 3 is 1.56 bits per heavy atom. The van der Waals surface area contributed by atoms with E-state index in [1.807, 2.05) is 48.5 Å². The van der Waals surface area contributed by atoms with E-state index in [4.69, 9.17) is 35.3 Å². The molecule has 8 heteroatoms. The van der Waals surface area contributed by atoms with E-state index in [9.17, 15) is 9.59 Å². The van der Waals surface area contributed by atoms with Crippen LogP contribution in [0.2, 0.25) is 0 Å². The van der Waals surface area contributed by atoms with E-state index in [0.29, 0.717) is 11.5 Å². The molecule has 0 bridgehead atoms. The minimum atomic E-state index is -0.491. The van der Waals surface area contributed by atoms with Gasteiger partial charge >= 0.3 is 11.9 Å². The van der Waals surface area contributed by atoms with Gasteiger partial charge in [0.15, 0.2) is 6.10 Å². The van der Waals surface area contributed by atoms with Crippen LogP contribution in [0.5, 0.6) is 11.5 Å². The van der Waals surface area contributed by atoms with Gasteiger partial charge in [-0.1, -0.05) is 38.1 Å². The van der Waals surface area contributed by atoms with Gasteiger partial charge in [-0.15, -0.1) is 11.6 Å². The van der Waals surface area contributed by atoms with Gasteiger partial charge in [0.1, 0.15) is 30.8 Å². The molecule has 0 aromatic heterocycles. The molecule has 0 amide bonds. The maximum Gasteiger partial charge on any atom is 0.303 e. The van der Waals surface area contributed by atoms with E-state index >= 15 is 0 Å². The number of halogens is 1. The highest BCUT2D eigenvalue weighted by atomic mass is 35.5. The van der Waals surface area contributed by atoms with Crippen molar-refractivity contribution in [2.45, 2.75) is 45.3 Å². The SMILES string of the molecule is COC[C@H](COc1ccc(C(C)(C)c2ccc(OC[C@@H](CCl)OC(C)=O)cc2)cc1)OC(C)=O. The molecule has 0 aliphatic carbocycles. The molecule has 0 radical (unpaired) electrons. The van der Waals surface area contributed by atoms with Crippen LogP contribution in [0.4, 0.5) is 0 Å². The monoisotopic (exact) mass is 492 g/mol. The molecule has 0 aliphatic heterocycles. The highest BCUT2D eigenvalue weighted by Crippen LogP contribution is 2.33. The second-order valence-corrected chi connectivity index (χ2v) is 8.68. The molecule has 0 saturated carbocycles. The van der Waals surface area contributed by atoms with E-state index in [-0.39, 0.29) is 43.1 Å². The Hall–Kier alpha value is -2.77. The fourth-order valence-electron chi connectivity index (χ4n) is 3.36. The number of hydrogen-bond donors (Lipinski definition) is 0. The molecule has 0 N–H and O–H groups in total. The minimum Gasteiger partial charge on any atom is -0.490 e. The quantitative estimate of drug-likeness (QED) is 0.300. The summed E-state index contributed by atoms with van der Waals surface area (Å²) in [5, 5.41) is 0. The van der Waals surface area contributed by atoms with Gasteiger partial charge in [-0.25, -0.2) is 0 Å². The molecular weight excluding hydrogens is 460 g/mol. The van der Waals surface area contributed by atoms with E-state index in [2.05, 4.69) is 13.8 Å². The summed E-state index contributed by atoms with van der Waals surface area (Å²) >= 11 is 5.82. The highest BCUT2D eigenvalue weighted by molar-refractivity contribution is 6.18. The molecule has 0 saturated heterocycles. The minimum absolute atomic E-state index is 0.168. The maximum atomic E-state index is 11.2. The van der Waals surface area contributed by atoms with Crippen molar-refractivity contribution >= 4 is 23.5 Å². The first-order valence-electron chi connectivity index (χ1n) is 11.0.